The smallest absolute Gasteiger partial charge is 0.434 e. The van der Waals surface area contributed by atoms with Gasteiger partial charge in [0, 0.05) is 25.4 Å². The van der Waals surface area contributed by atoms with Crippen molar-refractivity contribution in [3.63, 3.8) is 0 Å². The summed E-state index contributed by atoms with van der Waals surface area (Å²) in [6, 6.07) is 8.08. The molecule has 0 bridgehead atoms. The molecule has 0 saturated carbocycles. The van der Waals surface area contributed by atoms with E-state index in [1.807, 2.05) is 44.2 Å². The molecule has 10 nitrogen and oxygen atoms in total. The summed E-state index contributed by atoms with van der Waals surface area (Å²) in [4.78, 5) is 49.5. The van der Waals surface area contributed by atoms with E-state index in [1.165, 1.54) is 0 Å². The van der Waals surface area contributed by atoms with E-state index in [0.717, 1.165) is 5.56 Å². The Hall–Kier alpha value is -3.14. The summed E-state index contributed by atoms with van der Waals surface area (Å²) in [5.74, 6) is -1.03. The number of esters is 1. The van der Waals surface area contributed by atoms with Crippen LogP contribution >= 0.6 is 0 Å². The summed E-state index contributed by atoms with van der Waals surface area (Å²) >= 11 is 0. The number of hydroxylamine groups is 2. The van der Waals surface area contributed by atoms with Crippen molar-refractivity contribution < 1.29 is 33.9 Å². The average Bonchev–Trinajstić information content (AvgIpc) is 2.77. The van der Waals surface area contributed by atoms with Crippen LogP contribution in [0.3, 0.4) is 0 Å². The lowest BCUT2D eigenvalue weighted by Crippen LogP contribution is -2.46. The molecule has 3 N–H and O–H groups in total. The first-order valence-corrected chi connectivity index (χ1v) is 12.8. The van der Waals surface area contributed by atoms with Crippen LogP contribution in [0.5, 0.6) is 0 Å². The van der Waals surface area contributed by atoms with Crippen molar-refractivity contribution in [1.82, 2.24) is 15.7 Å². The number of carbonyl (C=O) groups excluding carboxylic acids is 4. The molecule has 0 aliphatic rings. The van der Waals surface area contributed by atoms with Gasteiger partial charge in [0.25, 0.3) is 0 Å². The molecule has 0 saturated heterocycles. The normalized spacial score (nSPS) is 12.9. The van der Waals surface area contributed by atoms with Gasteiger partial charge in [0.05, 0.1) is 19.1 Å². The zero-order valence-electron chi connectivity index (χ0n) is 22.9. The van der Waals surface area contributed by atoms with Crippen LogP contribution in [0.1, 0.15) is 72.8 Å². The minimum Gasteiger partial charge on any atom is -0.466 e. The second-order valence-electron chi connectivity index (χ2n) is 10.4. The number of hydrogen-bond acceptors (Lipinski definition) is 7. The van der Waals surface area contributed by atoms with Crippen LogP contribution in [-0.2, 0) is 30.3 Å². The van der Waals surface area contributed by atoms with Crippen molar-refractivity contribution in [2.45, 2.75) is 91.3 Å². The Morgan fingerprint density at radius 3 is 2.24 bits per heavy atom. The zero-order valence-corrected chi connectivity index (χ0v) is 22.9. The Balaban J connectivity index is 2.87. The van der Waals surface area contributed by atoms with Gasteiger partial charge in [0.2, 0.25) is 11.8 Å². The summed E-state index contributed by atoms with van der Waals surface area (Å²) in [5.41, 5.74) is 0.132. The highest BCUT2D eigenvalue weighted by Gasteiger charge is 2.30. The maximum absolute atomic E-state index is 13.0. The third-order valence-corrected chi connectivity index (χ3v) is 5.17. The molecule has 3 amide bonds. The Kier molecular flexibility index (Phi) is 13.7. The average molecular weight is 522 g/mol. The SMILES string of the molecule is CCOC(=O)CCNC(=O)C[C@H](Cc1ccccc1)NC(=O)C[C@H](CC(C)C)N(O)C(=O)OC(C)(C)C. The maximum Gasteiger partial charge on any atom is 0.434 e. The van der Waals surface area contributed by atoms with Gasteiger partial charge in [-0.3, -0.25) is 19.6 Å². The number of nitrogens with zero attached hydrogens (tertiary/aromatic N) is 1. The number of carbonyl (C=O) groups is 4. The van der Waals surface area contributed by atoms with Gasteiger partial charge in [0.15, 0.2) is 0 Å². The molecule has 0 spiro atoms. The van der Waals surface area contributed by atoms with Gasteiger partial charge in [-0.2, -0.15) is 5.06 Å². The first-order valence-electron chi connectivity index (χ1n) is 12.8. The molecule has 0 radical (unpaired) electrons. The van der Waals surface area contributed by atoms with Crippen molar-refractivity contribution in [3.8, 4) is 0 Å². The summed E-state index contributed by atoms with van der Waals surface area (Å²) in [5, 5.41) is 16.6. The Morgan fingerprint density at radius 1 is 1.03 bits per heavy atom. The van der Waals surface area contributed by atoms with Gasteiger partial charge >= 0.3 is 12.1 Å². The molecule has 1 aromatic carbocycles. The van der Waals surface area contributed by atoms with E-state index < -0.39 is 35.7 Å². The third-order valence-electron chi connectivity index (χ3n) is 5.17. The fraction of sp³-hybridized carbons (Fsp3) is 0.630. The summed E-state index contributed by atoms with van der Waals surface area (Å²) in [6.07, 6.45) is -0.254. The lowest BCUT2D eigenvalue weighted by atomic mass is 9.99. The maximum atomic E-state index is 13.0. The number of ether oxygens (including phenoxy) is 2. The largest absolute Gasteiger partial charge is 0.466 e. The molecule has 0 fully saturated rings. The Labute approximate surface area is 220 Å². The lowest BCUT2D eigenvalue weighted by molar-refractivity contribution is -0.143. The van der Waals surface area contributed by atoms with Crippen LogP contribution < -0.4 is 10.6 Å². The molecular weight excluding hydrogens is 478 g/mol. The topological polar surface area (TPSA) is 134 Å². The van der Waals surface area contributed by atoms with Crippen LogP contribution in [0.4, 0.5) is 4.79 Å². The second-order valence-corrected chi connectivity index (χ2v) is 10.4. The molecule has 1 rings (SSSR count). The number of hydrogen-bond donors (Lipinski definition) is 3. The third kappa shape index (κ3) is 14.3. The molecule has 1 aromatic rings. The fourth-order valence-electron chi connectivity index (χ4n) is 3.68. The minimum atomic E-state index is -0.923. The van der Waals surface area contributed by atoms with E-state index in [4.69, 9.17) is 9.47 Å². The van der Waals surface area contributed by atoms with E-state index in [0.29, 0.717) is 17.9 Å². The summed E-state index contributed by atoms with van der Waals surface area (Å²) in [6.45, 7) is 11.0. The van der Waals surface area contributed by atoms with Gasteiger partial charge < -0.3 is 20.1 Å². The van der Waals surface area contributed by atoms with Gasteiger partial charge in [-0.25, -0.2) is 4.79 Å². The van der Waals surface area contributed by atoms with Crippen molar-refractivity contribution in [3.05, 3.63) is 35.9 Å². The molecule has 208 valence electrons. The Bertz CT molecular complexity index is 869. The fourth-order valence-corrected chi connectivity index (χ4v) is 3.68. The summed E-state index contributed by atoms with van der Waals surface area (Å²) < 4.78 is 10.1. The molecule has 10 heteroatoms. The quantitative estimate of drug-likeness (QED) is 0.193. The molecule has 0 aromatic heterocycles. The Morgan fingerprint density at radius 2 is 1.68 bits per heavy atom. The van der Waals surface area contributed by atoms with Gasteiger partial charge in [-0.15, -0.1) is 0 Å². The van der Waals surface area contributed by atoms with Crippen LogP contribution in [0.15, 0.2) is 30.3 Å². The lowest BCUT2D eigenvalue weighted by Gasteiger charge is -2.30. The van der Waals surface area contributed by atoms with Crippen molar-refractivity contribution >= 4 is 23.9 Å². The van der Waals surface area contributed by atoms with Crippen molar-refractivity contribution in [1.29, 1.82) is 0 Å². The van der Waals surface area contributed by atoms with Crippen LogP contribution in [0.25, 0.3) is 0 Å². The molecule has 0 heterocycles. The highest BCUT2D eigenvalue weighted by atomic mass is 16.6. The molecule has 0 aliphatic carbocycles. The highest BCUT2D eigenvalue weighted by molar-refractivity contribution is 5.81. The first kappa shape index (κ1) is 31.9. The molecule has 0 aliphatic heterocycles. The van der Waals surface area contributed by atoms with E-state index in [-0.39, 0.29) is 44.2 Å². The standard InChI is InChI=1S/C27H43N3O7/c1-7-36-25(33)13-14-28-23(31)17-21(16-20-11-9-8-10-12-20)29-24(32)18-22(15-19(2)3)30(35)26(34)37-27(4,5)6/h8-12,19,21-22,35H,7,13-18H2,1-6H3,(H,28,31)(H,29,32)/t21-,22-/m0/s1. The van der Waals surface area contributed by atoms with E-state index >= 15 is 0 Å². The van der Waals surface area contributed by atoms with E-state index in [1.54, 1.807) is 27.7 Å². The minimum absolute atomic E-state index is 0.00673. The highest BCUT2D eigenvalue weighted by Crippen LogP contribution is 2.18. The number of rotatable bonds is 14. The first-order chi connectivity index (χ1) is 17.3. The van der Waals surface area contributed by atoms with Gasteiger partial charge in [-0.1, -0.05) is 44.2 Å². The number of amides is 3. The second kappa shape index (κ2) is 15.9. The monoisotopic (exact) mass is 521 g/mol. The summed E-state index contributed by atoms with van der Waals surface area (Å²) in [7, 11) is 0. The molecule has 0 unspecified atom stereocenters. The predicted molar refractivity (Wildman–Crippen MR) is 139 cm³/mol. The molecule has 2 atom stereocenters. The van der Waals surface area contributed by atoms with Crippen LogP contribution in [0, 0.1) is 5.92 Å². The number of nitrogens with one attached hydrogen (secondary N) is 2. The molecular formula is C27H43N3O7. The van der Waals surface area contributed by atoms with Gasteiger partial charge in [0.1, 0.15) is 5.60 Å². The van der Waals surface area contributed by atoms with Crippen molar-refractivity contribution in [2.24, 2.45) is 5.92 Å². The van der Waals surface area contributed by atoms with E-state index in [9.17, 15) is 24.4 Å². The van der Waals surface area contributed by atoms with Crippen LogP contribution in [-0.4, -0.2) is 65.0 Å². The molecule has 37 heavy (non-hydrogen) atoms. The van der Waals surface area contributed by atoms with Gasteiger partial charge in [-0.05, 0) is 52.0 Å². The predicted octanol–water partition coefficient (Wildman–Crippen LogP) is 3.60. The zero-order chi connectivity index (χ0) is 28.0. The van der Waals surface area contributed by atoms with E-state index in [2.05, 4.69) is 10.6 Å². The number of benzene rings is 1. The van der Waals surface area contributed by atoms with Crippen LogP contribution in [0.2, 0.25) is 0 Å². The van der Waals surface area contributed by atoms with Crippen molar-refractivity contribution in [2.75, 3.05) is 13.2 Å².